The summed E-state index contributed by atoms with van der Waals surface area (Å²) in [4.78, 5) is 16.0. The molecule has 0 aliphatic carbocycles. The van der Waals surface area contributed by atoms with Crippen LogP contribution in [-0.4, -0.2) is 19.3 Å². The Balaban J connectivity index is 1.61. The van der Waals surface area contributed by atoms with Gasteiger partial charge >= 0.3 is 0 Å². The molecule has 0 fully saturated rings. The van der Waals surface area contributed by atoms with Crippen LogP contribution in [0.25, 0.3) is 10.8 Å². The summed E-state index contributed by atoms with van der Waals surface area (Å²) in [5, 5.41) is 4.53. The van der Waals surface area contributed by atoms with Gasteiger partial charge in [-0.3, -0.25) is 4.79 Å². The van der Waals surface area contributed by atoms with Gasteiger partial charge in [-0.05, 0) is 52.8 Å². The van der Waals surface area contributed by atoms with Crippen molar-refractivity contribution in [1.82, 2.24) is 4.98 Å². The number of thiazole rings is 1. The summed E-state index contributed by atoms with van der Waals surface area (Å²) in [5.41, 5.74) is 2.65. The van der Waals surface area contributed by atoms with E-state index in [4.69, 9.17) is 0 Å². The Labute approximate surface area is 174 Å². The van der Waals surface area contributed by atoms with Crippen molar-refractivity contribution in [2.75, 3.05) is 5.32 Å². The molecule has 1 heterocycles. The summed E-state index contributed by atoms with van der Waals surface area (Å²) >= 11 is 1.14. The maximum Gasteiger partial charge on any atom is 0.248 e. The summed E-state index contributed by atoms with van der Waals surface area (Å²) in [5.74, 6) is 0.151. The number of rotatable bonds is 7. The first-order chi connectivity index (χ1) is 13.8. The molecular formula is C21H20N3O3S2-. The molecule has 150 valence electrons. The van der Waals surface area contributed by atoms with Crippen molar-refractivity contribution in [3.63, 3.8) is 0 Å². The first-order valence-corrected chi connectivity index (χ1v) is 11.2. The molecule has 0 aliphatic rings. The number of hydrogen-bond acceptors (Lipinski definition) is 5. The van der Waals surface area contributed by atoms with Gasteiger partial charge in [-0.25, -0.2) is 8.42 Å². The van der Waals surface area contributed by atoms with E-state index in [2.05, 4.69) is 28.9 Å². The highest BCUT2D eigenvalue weighted by molar-refractivity contribution is 7.94. The molecule has 1 amide bonds. The van der Waals surface area contributed by atoms with E-state index in [-0.39, 0.29) is 15.9 Å². The lowest BCUT2D eigenvalue weighted by Gasteiger charge is -2.12. The quantitative estimate of drug-likeness (QED) is 0.518. The Hall–Kier alpha value is -2.97. The van der Waals surface area contributed by atoms with Crippen LogP contribution in [0.1, 0.15) is 30.9 Å². The average Bonchev–Trinajstić information content (AvgIpc) is 3.19. The van der Waals surface area contributed by atoms with Gasteiger partial charge in [-0.1, -0.05) is 44.3 Å². The van der Waals surface area contributed by atoms with Crippen molar-refractivity contribution in [3.05, 3.63) is 82.0 Å². The van der Waals surface area contributed by atoms with Gasteiger partial charge < -0.3 is 15.0 Å². The minimum atomic E-state index is -3.84. The highest BCUT2D eigenvalue weighted by Crippen LogP contribution is 2.29. The molecule has 0 saturated carbocycles. The Morgan fingerprint density at radius 2 is 1.79 bits per heavy atom. The number of aromatic nitrogens is 1. The Morgan fingerprint density at radius 3 is 2.38 bits per heavy atom. The topological polar surface area (TPSA) is 90.2 Å². The molecule has 0 atom stereocenters. The highest BCUT2D eigenvalue weighted by Gasteiger charge is 2.10. The zero-order valence-electron chi connectivity index (χ0n) is 15.9. The van der Waals surface area contributed by atoms with Crippen molar-refractivity contribution in [1.29, 1.82) is 0 Å². The smallest absolute Gasteiger partial charge is 0.248 e. The SMILES string of the molecule is CC(C)c1ccc(C=CC(=O)Nc2ccc(S(=O)(=O)[N-]c3nccs3)cc2)cc1. The fourth-order valence-electron chi connectivity index (χ4n) is 2.47. The van der Waals surface area contributed by atoms with Crippen LogP contribution in [0.3, 0.4) is 0 Å². The second-order valence-electron chi connectivity index (χ2n) is 6.55. The summed E-state index contributed by atoms with van der Waals surface area (Å²) in [6, 6.07) is 13.8. The molecule has 0 spiro atoms. The molecule has 3 aromatic rings. The largest absolute Gasteiger partial charge is 0.433 e. The van der Waals surface area contributed by atoms with E-state index in [0.717, 1.165) is 16.9 Å². The number of benzene rings is 2. The van der Waals surface area contributed by atoms with Crippen molar-refractivity contribution in [3.8, 4) is 0 Å². The molecule has 3 rings (SSSR count). The number of nitrogens with zero attached hydrogens (tertiary/aromatic N) is 2. The number of nitrogens with one attached hydrogen (secondary N) is 1. The van der Waals surface area contributed by atoms with Crippen LogP contribution in [0.2, 0.25) is 0 Å². The van der Waals surface area contributed by atoms with E-state index in [1.165, 1.54) is 42.1 Å². The van der Waals surface area contributed by atoms with Gasteiger partial charge in [0, 0.05) is 16.9 Å². The van der Waals surface area contributed by atoms with Gasteiger partial charge in [0.1, 0.15) is 0 Å². The lowest BCUT2D eigenvalue weighted by Crippen LogP contribution is -2.08. The van der Waals surface area contributed by atoms with Crippen LogP contribution < -0.4 is 5.32 Å². The molecule has 0 aliphatic heterocycles. The predicted molar refractivity (Wildman–Crippen MR) is 117 cm³/mol. The van der Waals surface area contributed by atoms with Gasteiger partial charge in [-0.15, -0.1) is 0 Å². The second-order valence-corrected chi connectivity index (χ2v) is 9.03. The zero-order chi connectivity index (χ0) is 20.9. The standard InChI is InChI=1S/C21H21N3O3S2/c1-15(2)17-6-3-16(4-7-17)5-12-20(25)23-18-8-10-19(11-9-18)29(26,27)24-21-22-13-14-28-21/h3-15H,1-2H3,(H2,22,23,24,25)/p-1. The Morgan fingerprint density at radius 1 is 1.10 bits per heavy atom. The summed E-state index contributed by atoms with van der Waals surface area (Å²) < 4.78 is 28.2. The maximum absolute atomic E-state index is 12.3. The van der Waals surface area contributed by atoms with Crippen LogP contribution in [0, 0.1) is 0 Å². The average molecular weight is 427 g/mol. The van der Waals surface area contributed by atoms with E-state index in [0.29, 0.717) is 11.6 Å². The normalized spacial score (nSPS) is 11.7. The van der Waals surface area contributed by atoms with E-state index in [9.17, 15) is 13.2 Å². The Bertz CT molecular complexity index is 1090. The molecule has 0 radical (unpaired) electrons. The van der Waals surface area contributed by atoms with Crippen LogP contribution in [0.4, 0.5) is 10.8 Å². The van der Waals surface area contributed by atoms with Crippen LogP contribution in [0.5, 0.6) is 0 Å². The first-order valence-electron chi connectivity index (χ1n) is 8.90. The van der Waals surface area contributed by atoms with Gasteiger partial charge in [0.15, 0.2) is 0 Å². The van der Waals surface area contributed by atoms with Crippen molar-refractivity contribution < 1.29 is 13.2 Å². The van der Waals surface area contributed by atoms with Crippen molar-refractivity contribution >= 4 is 44.2 Å². The summed E-state index contributed by atoms with van der Waals surface area (Å²) in [7, 11) is -3.84. The number of carbonyl (C=O) groups is 1. The molecule has 1 aromatic heterocycles. The number of sulfonamides is 1. The summed E-state index contributed by atoms with van der Waals surface area (Å²) in [6.45, 7) is 4.25. The monoisotopic (exact) mass is 426 g/mol. The number of carbonyl (C=O) groups excluding carboxylic acids is 1. The van der Waals surface area contributed by atoms with Gasteiger partial charge in [0.05, 0.1) is 4.90 Å². The fraction of sp³-hybridized carbons (Fsp3) is 0.143. The van der Waals surface area contributed by atoms with E-state index < -0.39 is 10.0 Å². The van der Waals surface area contributed by atoms with E-state index in [1.807, 2.05) is 24.3 Å². The van der Waals surface area contributed by atoms with Gasteiger partial charge in [0.2, 0.25) is 15.9 Å². The predicted octanol–water partition coefficient (Wildman–Crippen LogP) is 5.31. The molecule has 1 N–H and O–H groups in total. The molecule has 2 aromatic carbocycles. The van der Waals surface area contributed by atoms with Crippen molar-refractivity contribution in [2.45, 2.75) is 24.7 Å². The minimum Gasteiger partial charge on any atom is -0.433 e. The number of anilines is 1. The number of hydrogen-bond donors (Lipinski definition) is 1. The van der Waals surface area contributed by atoms with Crippen LogP contribution in [0.15, 0.2) is 71.1 Å². The maximum atomic E-state index is 12.3. The minimum absolute atomic E-state index is 0.0338. The zero-order valence-corrected chi connectivity index (χ0v) is 17.6. The molecule has 0 bridgehead atoms. The third-order valence-electron chi connectivity index (χ3n) is 4.07. The molecular weight excluding hydrogens is 406 g/mol. The molecule has 8 heteroatoms. The van der Waals surface area contributed by atoms with Crippen LogP contribution in [-0.2, 0) is 14.8 Å². The molecule has 29 heavy (non-hydrogen) atoms. The molecule has 0 saturated heterocycles. The fourth-order valence-corrected chi connectivity index (χ4v) is 4.14. The lowest BCUT2D eigenvalue weighted by atomic mass is 10.0. The summed E-state index contributed by atoms with van der Waals surface area (Å²) in [6.07, 6.45) is 4.65. The van der Waals surface area contributed by atoms with Crippen LogP contribution >= 0.6 is 11.3 Å². The number of amides is 1. The molecule has 6 nitrogen and oxygen atoms in total. The first kappa shape index (κ1) is 20.8. The second kappa shape index (κ2) is 9.02. The Kier molecular flexibility index (Phi) is 6.46. The highest BCUT2D eigenvalue weighted by atomic mass is 32.2. The van der Waals surface area contributed by atoms with Gasteiger partial charge in [0.25, 0.3) is 0 Å². The lowest BCUT2D eigenvalue weighted by molar-refractivity contribution is -0.111. The van der Waals surface area contributed by atoms with Crippen molar-refractivity contribution in [2.24, 2.45) is 0 Å². The third-order valence-corrected chi connectivity index (χ3v) is 6.13. The molecule has 0 unspecified atom stereocenters. The third kappa shape index (κ3) is 5.75. The van der Waals surface area contributed by atoms with Gasteiger partial charge in [-0.2, -0.15) is 11.3 Å². The van der Waals surface area contributed by atoms with E-state index in [1.54, 1.807) is 11.5 Å². The van der Waals surface area contributed by atoms with E-state index >= 15 is 0 Å².